The highest BCUT2D eigenvalue weighted by molar-refractivity contribution is 5.74. The minimum Gasteiger partial charge on any atom is -0.493 e. The molecule has 1 amide bonds. The van der Waals surface area contributed by atoms with E-state index in [0.717, 1.165) is 5.69 Å². The number of aryl methyl sites for hydroxylation is 1. The van der Waals surface area contributed by atoms with Gasteiger partial charge in [0.25, 0.3) is 0 Å². The Kier molecular flexibility index (Phi) is 5.79. The van der Waals surface area contributed by atoms with Gasteiger partial charge in [-0.25, -0.2) is 4.79 Å². The Morgan fingerprint density at radius 2 is 1.94 bits per heavy atom. The molecule has 2 aliphatic heterocycles. The minimum atomic E-state index is -0.575. The van der Waals surface area contributed by atoms with Crippen molar-refractivity contribution < 1.29 is 28.5 Å². The average molecular weight is 441 g/mol. The van der Waals surface area contributed by atoms with Gasteiger partial charge < -0.3 is 34.3 Å². The molecule has 11 heteroatoms. The molecule has 2 aliphatic rings. The number of H-pyrrole nitrogens is 1. The van der Waals surface area contributed by atoms with Crippen molar-refractivity contribution in [1.29, 1.82) is 5.26 Å². The number of methoxy groups -OCH3 is 2. The van der Waals surface area contributed by atoms with Crippen LogP contribution in [-0.2, 0) is 4.74 Å². The van der Waals surface area contributed by atoms with Gasteiger partial charge in [-0.1, -0.05) is 0 Å². The lowest BCUT2D eigenvalue weighted by Gasteiger charge is -2.27. The second kappa shape index (κ2) is 8.68. The fourth-order valence-corrected chi connectivity index (χ4v) is 3.80. The second-order valence-electron chi connectivity index (χ2n) is 7.21. The normalized spacial score (nSPS) is 17.8. The standard InChI is InChI=1S/C21H23N5O6/c1-11-16-17(13(10-22)19(23)32-20(16)25-24-11)12-8-14(28-2)18(15(9-12)29-3)31-21(27)26-4-6-30-7-5-26/h8-9,17H,4-7,23H2,1-3H3,(H,24,25). The Hall–Kier alpha value is -3.91. The number of carbonyl (C=O) groups is 1. The molecule has 2 aromatic rings. The van der Waals surface area contributed by atoms with E-state index in [-0.39, 0.29) is 28.7 Å². The topological polar surface area (TPSA) is 145 Å². The van der Waals surface area contributed by atoms with Crippen molar-refractivity contribution in [3.8, 4) is 29.2 Å². The van der Waals surface area contributed by atoms with Crippen molar-refractivity contribution >= 4 is 6.09 Å². The van der Waals surface area contributed by atoms with Crippen LogP contribution in [0.4, 0.5) is 4.79 Å². The molecule has 0 saturated carbocycles. The molecule has 1 fully saturated rings. The van der Waals surface area contributed by atoms with E-state index in [2.05, 4.69) is 16.3 Å². The van der Waals surface area contributed by atoms with Gasteiger partial charge in [-0.2, -0.15) is 5.26 Å². The maximum atomic E-state index is 12.6. The smallest absolute Gasteiger partial charge is 0.415 e. The first-order chi connectivity index (χ1) is 15.5. The zero-order chi connectivity index (χ0) is 22.8. The van der Waals surface area contributed by atoms with Gasteiger partial charge in [-0.05, 0) is 24.6 Å². The molecule has 32 heavy (non-hydrogen) atoms. The number of morpholine rings is 1. The van der Waals surface area contributed by atoms with E-state index < -0.39 is 12.0 Å². The maximum absolute atomic E-state index is 12.6. The lowest BCUT2D eigenvalue weighted by atomic mass is 9.84. The zero-order valence-electron chi connectivity index (χ0n) is 17.9. The van der Waals surface area contributed by atoms with Gasteiger partial charge in [-0.3, -0.25) is 5.10 Å². The molecule has 1 atom stereocenters. The number of carbonyl (C=O) groups excluding carboxylic acids is 1. The number of nitrogens with one attached hydrogen (secondary N) is 1. The molecule has 0 radical (unpaired) electrons. The van der Waals surface area contributed by atoms with E-state index in [0.29, 0.717) is 43.3 Å². The highest BCUT2D eigenvalue weighted by Gasteiger charge is 2.35. The Bertz CT molecular complexity index is 1090. The Balaban J connectivity index is 1.77. The molecule has 1 aromatic heterocycles. The highest BCUT2D eigenvalue weighted by Crippen LogP contribution is 2.47. The summed E-state index contributed by atoms with van der Waals surface area (Å²) in [6.45, 7) is 3.58. The summed E-state index contributed by atoms with van der Waals surface area (Å²) in [5.74, 6) is 0.371. The highest BCUT2D eigenvalue weighted by atomic mass is 16.6. The molecule has 1 aromatic carbocycles. The van der Waals surface area contributed by atoms with E-state index in [9.17, 15) is 10.1 Å². The fourth-order valence-electron chi connectivity index (χ4n) is 3.80. The van der Waals surface area contributed by atoms with Crippen LogP contribution in [0.3, 0.4) is 0 Å². The van der Waals surface area contributed by atoms with Crippen LogP contribution in [0, 0.1) is 18.3 Å². The van der Waals surface area contributed by atoms with Gasteiger partial charge >= 0.3 is 6.09 Å². The number of benzene rings is 1. The number of allylic oxidation sites excluding steroid dienone is 1. The van der Waals surface area contributed by atoms with Crippen molar-refractivity contribution in [1.82, 2.24) is 15.1 Å². The number of fused-ring (bicyclic) bond motifs is 1. The molecule has 1 unspecified atom stereocenters. The predicted octanol–water partition coefficient (Wildman–Crippen LogP) is 1.78. The third-order valence-electron chi connectivity index (χ3n) is 5.40. The number of hydrogen-bond donors (Lipinski definition) is 2. The van der Waals surface area contributed by atoms with Crippen molar-refractivity contribution in [2.75, 3.05) is 40.5 Å². The first kappa shape index (κ1) is 21.3. The molecular formula is C21H23N5O6. The van der Waals surface area contributed by atoms with E-state index in [1.165, 1.54) is 14.2 Å². The monoisotopic (exact) mass is 441 g/mol. The summed E-state index contributed by atoms with van der Waals surface area (Å²) >= 11 is 0. The number of hydrogen-bond acceptors (Lipinski definition) is 9. The molecular weight excluding hydrogens is 418 g/mol. The summed E-state index contributed by atoms with van der Waals surface area (Å²) in [7, 11) is 2.91. The van der Waals surface area contributed by atoms with Crippen LogP contribution in [0.2, 0.25) is 0 Å². The lowest BCUT2D eigenvalue weighted by Crippen LogP contribution is -2.42. The van der Waals surface area contributed by atoms with Crippen LogP contribution in [-0.4, -0.2) is 61.7 Å². The SMILES string of the molecule is COc1cc(C2C(C#N)=C(N)Oc3n[nH]c(C)c32)cc(OC)c1OC(=O)N1CCOCC1. The van der Waals surface area contributed by atoms with Gasteiger partial charge in [0, 0.05) is 24.3 Å². The molecule has 3 heterocycles. The van der Waals surface area contributed by atoms with Gasteiger partial charge in [0.2, 0.25) is 17.5 Å². The summed E-state index contributed by atoms with van der Waals surface area (Å²) in [5, 5.41) is 16.8. The van der Waals surface area contributed by atoms with Gasteiger partial charge in [-0.15, -0.1) is 5.10 Å². The third-order valence-corrected chi connectivity index (χ3v) is 5.40. The fraction of sp³-hybridized carbons (Fsp3) is 0.381. The number of nitrogens with zero attached hydrogens (tertiary/aromatic N) is 3. The van der Waals surface area contributed by atoms with E-state index in [4.69, 9.17) is 29.4 Å². The first-order valence-corrected chi connectivity index (χ1v) is 9.91. The number of rotatable bonds is 4. The molecule has 3 N–H and O–H groups in total. The summed E-state index contributed by atoms with van der Waals surface area (Å²) in [4.78, 5) is 14.2. The Labute approximate surface area is 184 Å². The Morgan fingerprint density at radius 1 is 1.28 bits per heavy atom. The summed E-state index contributed by atoms with van der Waals surface area (Å²) < 4.78 is 27.5. The largest absolute Gasteiger partial charge is 0.493 e. The maximum Gasteiger partial charge on any atom is 0.415 e. The van der Waals surface area contributed by atoms with E-state index >= 15 is 0 Å². The lowest BCUT2D eigenvalue weighted by molar-refractivity contribution is 0.0411. The van der Waals surface area contributed by atoms with E-state index in [1.807, 2.05) is 6.92 Å². The van der Waals surface area contributed by atoms with Crippen molar-refractivity contribution in [3.05, 3.63) is 40.4 Å². The quantitative estimate of drug-likeness (QED) is 0.725. The van der Waals surface area contributed by atoms with Crippen LogP contribution in [0.25, 0.3) is 0 Å². The molecule has 11 nitrogen and oxygen atoms in total. The number of nitrogens with two attached hydrogens (primary N) is 1. The van der Waals surface area contributed by atoms with Crippen LogP contribution in [0.15, 0.2) is 23.6 Å². The molecule has 0 aliphatic carbocycles. The van der Waals surface area contributed by atoms with Crippen molar-refractivity contribution in [2.24, 2.45) is 5.73 Å². The van der Waals surface area contributed by atoms with E-state index in [1.54, 1.807) is 17.0 Å². The van der Waals surface area contributed by atoms with Gasteiger partial charge in [0.1, 0.15) is 11.6 Å². The van der Waals surface area contributed by atoms with Gasteiger partial charge in [0.05, 0.1) is 33.4 Å². The summed E-state index contributed by atoms with van der Waals surface area (Å²) in [6, 6.07) is 5.49. The summed E-state index contributed by atoms with van der Waals surface area (Å²) in [6.07, 6.45) is -0.529. The van der Waals surface area contributed by atoms with Crippen LogP contribution in [0.1, 0.15) is 22.7 Å². The molecule has 1 saturated heterocycles. The molecule has 0 bridgehead atoms. The predicted molar refractivity (Wildman–Crippen MR) is 111 cm³/mol. The third kappa shape index (κ3) is 3.65. The molecule has 0 spiro atoms. The number of aromatic nitrogens is 2. The van der Waals surface area contributed by atoms with Crippen molar-refractivity contribution in [2.45, 2.75) is 12.8 Å². The Morgan fingerprint density at radius 3 is 2.53 bits per heavy atom. The number of amides is 1. The van der Waals surface area contributed by atoms with Crippen LogP contribution >= 0.6 is 0 Å². The van der Waals surface area contributed by atoms with Crippen LogP contribution < -0.4 is 24.7 Å². The number of nitriles is 1. The van der Waals surface area contributed by atoms with Crippen molar-refractivity contribution in [3.63, 3.8) is 0 Å². The minimum absolute atomic E-state index is 0.0303. The molecule has 4 rings (SSSR count). The van der Waals surface area contributed by atoms with Gasteiger partial charge in [0.15, 0.2) is 11.5 Å². The second-order valence-corrected chi connectivity index (χ2v) is 7.21. The number of aromatic amines is 1. The number of ether oxygens (including phenoxy) is 5. The average Bonchev–Trinajstić information content (AvgIpc) is 3.18. The first-order valence-electron chi connectivity index (χ1n) is 9.91. The zero-order valence-corrected chi connectivity index (χ0v) is 17.9. The van der Waals surface area contributed by atoms with Crippen LogP contribution in [0.5, 0.6) is 23.1 Å². The summed E-state index contributed by atoms with van der Waals surface area (Å²) in [5.41, 5.74) is 8.26. The molecule has 168 valence electrons.